The predicted octanol–water partition coefficient (Wildman–Crippen LogP) is 5.08. The van der Waals surface area contributed by atoms with Crippen LogP contribution in [0.4, 0.5) is 34.3 Å². The Kier molecular flexibility index (Phi) is 7.51. The SMILES string of the molecule is CCCCOC(=O)Nc1cc(CN2C(=O)N(c3ccc(OC(F)(F)F)cc3)C(=O)C2(C)C)ccn1. The van der Waals surface area contributed by atoms with Gasteiger partial charge >= 0.3 is 18.5 Å². The van der Waals surface area contributed by atoms with Crippen LogP contribution in [-0.2, 0) is 16.1 Å². The number of amides is 4. The molecule has 0 aliphatic carbocycles. The molecule has 0 spiro atoms. The molecule has 1 N–H and O–H groups in total. The molecule has 9 nitrogen and oxygen atoms in total. The number of carbonyl (C=O) groups excluding carboxylic acids is 3. The number of halogens is 3. The van der Waals surface area contributed by atoms with Gasteiger partial charge in [-0.25, -0.2) is 19.5 Å². The zero-order valence-corrected chi connectivity index (χ0v) is 19.4. The number of ether oxygens (including phenoxy) is 2. The van der Waals surface area contributed by atoms with E-state index in [4.69, 9.17) is 4.74 Å². The first-order valence-corrected chi connectivity index (χ1v) is 10.8. The van der Waals surface area contributed by atoms with Crippen LogP contribution in [0.5, 0.6) is 5.75 Å². The lowest BCUT2D eigenvalue weighted by Gasteiger charge is -2.27. The standard InChI is InChI=1S/C23H25F3N4O5/c1-4-5-12-34-20(32)28-18-13-15(10-11-27-18)14-29-21(33)30(19(31)22(29,2)3)16-6-8-17(9-7-16)35-23(24,25)26/h6-11,13H,4-5,12,14H2,1-3H3,(H,27,28,32). The van der Waals surface area contributed by atoms with Gasteiger partial charge in [0.25, 0.3) is 5.91 Å². The highest BCUT2D eigenvalue weighted by Gasteiger charge is 2.51. The number of hydrogen-bond donors (Lipinski definition) is 1. The van der Waals surface area contributed by atoms with E-state index in [0.29, 0.717) is 5.56 Å². The van der Waals surface area contributed by atoms with Gasteiger partial charge in [-0.15, -0.1) is 13.2 Å². The summed E-state index contributed by atoms with van der Waals surface area (Å²) in [6.07, 6.45) is -2.45. The lowest BCUT2D eigenvalue weighted by molar-refractivity contribution is -0.274. The smallest absolute Gasteiger partial charge is 0.449 e. The fraction of sp³-hybridized carbons (Fsp3) is 0.391. The van der Waals surface area contributed by atoms with Crippen molar-refractivity contribution in [3.63, 3.8) is 0 Å². The number of anilines is 2. The Hall–Kier alpha value is -3.83. The van der Waals surface area contributed by atoms with Gasteiger partial charge in [-0.1, -0.05) is 13.3 Å². The molecule has 1 aliphatic heterocycles. The molecule has 1 aliphatic rings. The van der Waals surface area contributed by atoms with E-state index < -0.39 is 35.7 Å². The maximum atomic E-state index is 13.2. The summed E-state index contributed by atoms with van der Waals surface area (Å²) < 4.78 is 46.1. The van der Waals surface area contributed by atoms with Gasteiger partial charge in [-0.2, -0.15) is 0 Å². The number of alkyl halides is 3. The molecule has 0 bridgehead atoms. The number of pyridine rings is 1. The van der Waals surface area contributed by atoms with Gasteiger partial charge in [-0.3, -0.25) is 10.1 Å². The van der Waals surface area contributed by atoms with E-state index in [1.807, 2.05) is 6.92 Å². The van der Waals surface area contributed by atoms with Crippen LogP contribution in [0.1, 0.15) is 39.2 Å². The largest absolute Gasteiger partial charge is 0.573 e. The highest BCUT2D eigenvalue weighted by molar-refractivity contribution is 6.22. The molecule has 35 heavy (non-hydrogen) atoms. The molecule has 2 heterocycles. The van der Waals surface area contributed by atoms with E-state index in [-0.39, 0.29) is 24.7 Å². The topological polar surface area (TPSA) is 101 Å². The van der Waals surface area contributed by atoms with Gasteiger partial charge in [0.2, 0.25) is 0 Å². The van der Waals surface area contributed by atoms with Gasteiger partial charge in [0.05, 0.1) is 12.3 Å². The monoisotopic (exact) mass is 494 g/mol. The summed E-state index contributed by atoms with van der Waals surface area (Å²) >= 11 is 0. The molecule has 4 amide bonds. The van der Waals surface area contributed by atoms with Gasteiger partial charge in [0.1, 0.15) is 17.1 Å². The maximum absolute atomic E-state index is 13.2. The Balaban J connectivity index is 1.75. The van der Waals surface area contributed by atoms with Crippen molar-refractivity contribution in [3.05, 3.63) is 48.2 Å². The summed E-state index contributed by atoms with van der Waals surface area (Å²) in [5.41, 5.74) is -0.542. The number of rotatable bonds is 8. The van der Waals surface area contributed by atoms with Crippen molar-refractivity contribution in [3.8, 4) is 5.75 Å². The first-order valence-electron chi connectivity index (χ1n) is 10.8. The number of hydrogen-bond acceptors (Lipinski definition) is 6. The second-order valence-corrected chi connectivity index (χ2v) is 8.27. The summed E-state index contributed by atoms with van der Waals surface area (Å²) in [6.45, 7) is 5.40. The zero-order valence-electron chi connectivity index (χ0n) is 19.4. The van der Waals surface area contributed by atoms with E-state index in [9.17, 15) is 27.6 Å². The van der Waals surface area contributed by atoms with Crippen LogP contribution >= 0.6 is 0 Å². The molecule has 0 saturated carbocycles. The Morgan fingerprint density at radius 1 is 1.14 bits per heavy atom. The van der Waals surface area contributed by atoms with Crippen molar-refractivity contribution < 1.29 is 37.0 Å². The Bertz CT molecular complexity index is 1090. The van der Waals surface area contributed by atoms with Gasteiger partial charge in [0, 0.05) is 12.7 Å². The molecule has 3 rings (SSSR count). The molecule has 12 heteroatoms. The number of urea groups is 1. The lowest BCUT2D eigenvalue weighted by atomic mass is 10.0. The third-order valence-electron chi connectivity index (χ3n) is 5.28. The molecule has 1 aromatic heterocycles. The zero-order chi connectivity index (χ0) is 25.8. The average molecular weight is 494 g/mol. The number of carbonyl (C=O) groups is 3. The molecule has 2 aromatic rings. The van der Waals surface area contributed by atoms with Crippen molar-refractivity contribution in [2.45, 2.75) is 52.1 Å². The van der Waals surface area contributed by atoms with Gasteiger partial charge in [0.15, 0.2) is 0 Å². The molecule has 1 fully saturated rings. The number of unbranched alkanes of at least 4 members (excludes halogenated alkanes) is 1. The first kappa shape index (κ1) is 25.8. The van der Waals surface area contributed by atoms with Crippen LogP contribution in [0, 0.1) is 0 Å². The van der Waals surface area contributed by atoms with Crippen LogP contribution in [0.3, 0.4) is 0 Å². The highest BCUT2D eigenvalue weighted by atomic mass is 19.4. The fourth-order valence-corrected chi connectivity index (χ4v) is 3.40. The normalized spacial score (nSPS) is 15.4. The number of nitrogens with zero attached hydrogens (tertiary/aromatic N) is 3. The minimum absolute atomic E-state index is 0.0193. The summed E-state index contributed by atoms with van der Waals surface area (Å²) in [5, 5.41) is 2.52. The van der Waals surface area contributed by atoms with Crippen LogP contribution < -0.4 is 15.0 Å². The maximum Gasteiger partial charge on any atom is 0.573 e. The third-order valence-corrected chi connectivity index (χ3v) is 5.28. The van der Waals surface area contributed by atoms with Gasteiger partial charge < -0.3 is 14.4 Å². The van der Waals surface area contributed by atoms with Crippen LogP contribution in [0.25, 0.3) is 0 Å². The molecule has 1 saturated heterocycles. The third kappa shape index (κ3) is 6.19. The molecular formula is C23H25F3N4O5. The van der Waals surface area contributed by atoms with Gasteiger partial charge in [-0.05, 0) is 62.2 Å². The molecule has 0 radical (unpaired) electrons. The molecule has 1 aromatic carbocycles. The molecule has 0 atom stereocenters. The van der Waals surface area contributed by atoms with Crippen molar-refractivity contribution in [1.29, 1.82) is 0 Å². The number of benzene rings is 1. The van der Waals surface area contributed by atoms with Crippen molar-refractivity contribution in [1.82, 2.24) is 9.88 Å². The van der Waals surface area contributed by atoms with E-state index in [0.717, 1.165) is 29.9 Å². The lowest BCUT2D eigenvalue weighted by Crippen LogP contribution is -2.43. The summed E-state index contributed by atoms with van der Waals surface area (Å²) in [6, 6.07) is 7.01. The minimum atomic E-state index is -4.86. The van der Waals surface area contributed by atoms with E-state index in [1.54, 1.807) is 26.0 Å². The minimum Gasteiger partial charge on any atom is -0.449 e. The average Bonchev–Trinajstić information content (AvgIpc) is 2.93. The van der Waals surface area contributed by atoms with Crippen LogP contribution in [-0.4, -0.2) is 46.4 Å². The molecule has 188 valence electrons. The summed E-state index contributed by atoms with van der Waals surface area (Å²) in [5.74, 6) is -0.794. The van der Waals surface area contributed by atoms with E-state index >= 15 is 0 Å². The second-order valence-electron chi connectivity index (χ2n) is 8.27. The van der Waals surface area contributed by atoms with Crippen molar-refractivity contribution in [2.24, 2.45) is 0 Å². The quantitative estimate of drug-likeness (QED) is 0.406. The fourth-order valence-electron chi connectivity index (χ4n) is 3.40. The van der Waals surface area contributed by atoms with E-state index in [2.05, 4.69) is 15.0 Å². The van der Waals surface area contributed by atoms with Crippen molar-refractivity contribution in [2.75, 3.05) is 16.8 Å². The second kappa shape index (κ2) is 10.2. The number of aromatic nitrogens is 1. The summed E-state index contributed by atoms with van der Waals surface area (Å²) in [7, 11) is 0. The molecular weight excluding hydrogens is 469 g/mol. The Labute approximate surface area is 199 Å². The van der Waals surface area contributed by atoms with Crippen LogP contribution in [0.15, 0.2) is 42.6 Å². The first-order chi connectivity index (χ1) is 16.4. The Morgan fingerprint density at radius 2 is 1.83 bits per heavy atom. The predicted molar refractivity (Wildman–Crippen MR) is 120 cm³/mol. The Morgan fingerprint density at radius 3 is 2.46 bits per heavy atom. The van der Waals surface area contributed by atoms with E-state index in [1.165, 1.54) is 23.2 Å². The number of nitrogens with one attached hydrogen (secondary N) is 1. The highest BCUT2D eigenvalue weighted by Crippen LogP contribution is 2.34. The summed E-state index contributed by atoms with van der Waals surface area (Å²) in [4.78, 5) is 44.4. The van der Waals surface area contributed by atoms with Crippen LogP contribution in [0.2, 0.25) is 0 Å². The number of imide groups is 1. The van der Waals surface area contributed by atoms with Crippen molar-refractivity contribution >= 4 is 29.5 Å². The molecule has 0 unspecified atom stereocenters.